The van der Waals surface area contributed by atoms with E-state index in [2.05, 4.69) is 278 Å². The molecule has 1 aliphatic rings. The molecule has 69 heavy (non-hydrogen) atoms. The van der Waals surface area contributed by atoms with Gasteiger partial charge in [0.2, 0.25) is 0 Å². The minimum absolute atomic E-state index is 0.123. The Hall–Kier alpha value is -8.72. The lowest BCUT2D eigenvalue weighted by atomic mass is 9.82. The van der Waals surface area contributed by atoms with E-state index in [1.165, 1.54) is 93.8 Å². The third-order valence-corrected chi connectivity index (χ3v) is 14.6. The molecule has 0 fully saturated rings. The van der Waals surface area contributed by atoms with E-state index in [1.54, 1.807) is 0 Å². The molecule has 0 spiro atoms. The van der Waals surface area contributed by atoms with Crippen LogP contribution in [0, 0.1) is 0 Å². The Kier molecular flexibility index (Phi) is 9.55. The average Bonchev–Trinajstić information content (AvgIpc) is 3.86. The molecule has 2 nitrogen and oxygen atoms in total. The third-order valence-electron chi connectivity index (χ3n) is 14.6. The van der Waals surface area contributed by atoms with E-state index in [9.17, 15) is 0 Å². The van der Waals surface area contributed by atoms with E-state index in [1.807, 2.05) is 0 Å². The summed E-state index contributed by atoms with van der Waals surface area (Å²) in [5, 5.41) is 4.99. The van der Waals surface area contributed by atoms with Crippen LogP contribution in [0.25, 0.3) is 93.9 Å². The number of para-hydroxylation sites is 1. The van der Waals surface area contributed by atoms with E-state index in [-0.39, 0.29) is 5.41 Å². The van der Waals surface area contributed by atoms with Gasteiger partial charge in [0, 0.05) is 38.9 Å². The van der Waals surface area contributed by atoms with Crippen molar-refractivity contribution in [2.75, 3.05) is 4.90 Å². The Bertz CT molecular complexity index is 3910. The molecule has 11 aromatic carbocycles. The predicted molar refractivity (Wildman–Crippen MR) is 292 cm³/mol. The van der Waals surface area contributed by atoms with Crippen molar-refractivity contribution in [3.63, 3.8) is 0 Å². The Balaban J connectivity index is 0.878. The van der Waals surface area contributed by atoms with Gasteiger partial charge in [-0.3, -0.25) is 0 Å². The number of rotatable bonds is 8. The first-order valence-electron chi connectivity index (χ1n) is 24.0. The van der Waals surface area contributed by atoms with Gasteiger partial charge in [-0.25, -0.2) is 0 Å². The number of hydrogen-bond donors (Lipinski definition) is 0. The van der Waals surface area contributed by atoms with Gasteiger partial charge in [0.05, 0.1) is 11.0 Å². The number of aromatic nitrogens is 1. The summed E-state index contributed by atoms with van der Waals surface area (Å²) >= 11 is 0. The molecule has 1 heterocycles. The topological polar surface area (TPSA) is 8.17 Å². The second kappa shape index (κ2) is 16.3. The van der Waals surface area contributed by atoms with Crippen LogP contribution in [0.3, 0.4) is 0 Å². The van der Waals surface area contributed by atoms with Crippen molar-refractivity contribution in [2.45, 2.75) is 19.3 Å². The molecule has 0 unspecified atom stereocenters. The first-order chi connectivity index (χ1) is 33.9. The summed E-state index contributed by atoms with van der Waals surface area (Å²) in [7, 11) is 0. The van der Waals surface area contributed by atoms with Crippen molar-refractivity contribution in [3.05, 3.63) is 266 Å². The van der Waals surface area contributed by atoms with E-state index in [4.69, 9.17) is 0 Å². The quantitative estimate of drug-likeness (QED) is 0.148. The van der Waals surface area contributed by atoms with E-state index in [0.29, 0.717) is 0 Å². The number of fused-ring (bicyclic) bond motifs is 7. The first kappa shape index (κ1) is 40.5. The minimum Gasteiger partial charge on any atom is -0.310 e. The summed E-state index contributed by atoms with van der Waals surface area (Å²) in [6, 6.07) is 93.7. The van der Waals surface area contributed by atoms with Gasteiger partial charge in [0.1, 0.15) is 0 Å². The SMILES string of the molecule is CC1(C)c2ccccc2-c2ccc(N(c3ccc(-c4ccc5ccccc5c4)cc3)c3cccc(-c4cccc(-c5ccc6c(c5)c5ccccc5n6-c5ccc(-c6ccccc6)cc5)c4)c3)cc21. The summed E-state index contributed by atoms with van der Waals surface area (Å²) in [4.78, 5) is 2.43. The fourth-order valence-electron chi connectivity index (χ4n) is 11.0. The van der Waals surface area contributed by atoms with Gasteiger partial charge in [-0.2, -0.15) is 0 Å². The van der Waals surface area contributed by atoms with E-state index >= 15 is 0 Å². The highest BCUT2D eigenvalue weighted by molar-refractivity contribution is 6.10. The number of hydrogen-bond acceptors (Lipinski definition) is 1. The zero-order valence-corrected chi connectivity index (χ0v) is 38.6. The molecular formula is C67H48N2. The monoisotopic (exact) mass is 880 g/mol. The number of anilines is 3. The Morgan fingerprint density at radius 2 is 0.841 bits per heavy atom. The molecule has 12 aromatic rings. The fourth-order valence-corrected chi connectivity index (χ4v) is 11.0. The van der Waals surface area contributed by atoms with Crippen LogP contribution in [-0.2, 0) is 5.41 Å². The molecule has 2 heteroatoms. The van der Waals surface area contributed by atoms with Crippen LogP contribution in [-0.4, -0.2) is 4.57 Å². The highest BCUT2D eigenvalue weighted by Gasteiger charge is 2.35. The summed E-state index contributed by atoms with van der Waals surface area (Å²) in [6.45, 7) is 4.72. The molecule has 0 saturated carbocycles. The maximum absolute atomic E-state index is 2.43. The van der Waals surface area contributed by atoms with Crippen LogP contribution in [0.5, 0.6) is 0 Å². The zero-order chi connectivity index (χ0) is 46.1. The van der Waals surface area contributed by atoms with Gasteiger partial charge in [0.15, 0.2) is 0 Å². The largest absolute Gasteiger partial charge is 0.310 e. The standard InChI is InChI=1S/C67H48N2/c1-67(2)63-24-10-8-22-59(63)60-38-37-58(44-64(60)67)68(55-33-30-48(31-34-55)53-27-26-46-16-6-7-17-49(46)40-53)57-21-13-20-52(42-57)50-18-12-19-51(41-50)54-32-39-66-62(43-54)61-23-9-11-25-65(61)69(66)56-35-28-47(29-36-56)45-14-4-3-5-15-45/h3-44H,1-2H3. The lowest BCUT2D eigenvalue weighted by molar-refractivity contribution is 0.660. The second-order valence-electron chi connectivity index (χ2n) is 19.0. The third kappa shape index (κ3) is 6.95. The molecular weight excluding hydrogens is 833 g/mol. The number of benzene rings is 11. The number of nitrogens with zero attached hydrogens (tertiary/aromatic N) is 2. The maximum atomic E-state index is 2.43. The lowest BCUT2D eigenvalue weighted by Crippen LogP contribution is -2.16. The van der Waals surface area contributed by atoms with Gasteiger partial charge in [-0.1, -0.05) is 190 Å². The van der Waals surface area contributed by atoms with Gasteiger partial charge in [-0.15, -0.1) is 0 Å². The van der Waals surface area contributed by atoms with Crippen LogP contribution in [0.2, 0.25) is 0 Å². The zero-order valence-electron chi connectivity index (χ0n) is 38.6. The fraction of sp³-hybridized carbons (Fsp3) is 0.0448. The van der Waals surface area contributed by atoms with Gasteiger partial charge >= 0.3 is 0 Å². The molecule has 0 saturated heterocycles. The Labute approximate surface area is 403 Å². The van der Waals surface area contributed by atoms with Crippen LogP contribution in [0.15, 0.2) is 255 Å². The van der Waals surface area contributed by atoms with Crippen molar-refractivity contribution in [1.29, 1.82) is 0 Å². The highest BCUT2D eigenvalue weighted by atomic mass is 15.1. The average molecular weight is 881 g/mol. The molecule has 0 aliphatic heterocycles. The van der Waals surface area contributed by atoms with Gasteiger partial charge in [-0.05, 0) is 156 Å². The van der Waals surface area contributed by atoms with E-state index < -0.39 is 0 Å². The van der Waals surface area contributed by atoms with Crippen LogP contribution >= 0.6 is 0 Å². The summed E-state index contributed by atoms with van der Waals surface area (Å²) < 4.78 is 2.40. The van der Waals surface area contributed by atoms with Crippen LogP contribution in [0.1, 0.15) is 25.0 Å². The molecule has 1 aliphatic carbocycles. The predicted octanol–water partition coefficient (Wildman–Crippen LogP) is 18.4. The van der Waals surface area contributed by atoms with Crippen molar-refractivity contribution in [3.8, 4) is 61.3 Å². The van der Waals surface area contributed by atoms with Crippen molar-refractivity contribution >= 4 is 49.6 Å². The Morgan fingerprint density at radius 3 is 1.67 bits per heavy atom. The van der Waals surface area contributed by atoms with Crippen molar-refractivity contribution in [1.82, 2.24) is 4.57 Å². The van der Waals surface area contributed by atoms with E-state index in [0.717, 1.165) is 28.3 Å². The van der Waals surface area contributed by atoms with Gasteiger partial charge in [0.25, 0.3) is 0 Å². The van der Waals surface area contributed by atoms with Crippen LogP contribution < -0.4 is 4.90 Å². The van der Waals surface area contributed by atoms with Crippen molar-refractivity contribution < 1.29 is 0 Å². The molecule has 13 rings (SSSR count). The molecule has 0 bridgehead atoms. The molecule has 0 radical (unpaired) electrons. The first-order valence-corrected chi connectivity index (χ1v) is 24.0. The lowest BCUT2D eigenvalue weighted by Gasteiger charge is -2.28. The summed E-state index contributed by atoms with van der Waals surface area (Å²) in [6.07, 6.45) is 0. The molecule has 0 amide bonds. The smallest absolute Gasteiger partial charge is 0.0541 e. The second-order valence-corrected chi connectivity index (χ2v) is 19.0. The Morgan fingerprint density at radius 1 is 0.304 bits per heavy atom. The summed E-state index contributed by atoms with van der Waals surface area (Å²) in [5.41, 5.74) is 21.7. The van der Waals surface area contributed by atoms with Crippen molar-refractivity contribution in [2.24, 2.45) is 0 Å². The molecule has 0 N–H and O–H groups in total. The molecule has 1 aromatic heterocycles. The normalized spacial score (nSPS) is 12.6. The summed E-state index contributed by atoms with van der Waals surface area (Å²) in [5.74, 6) is 0. The highest BCUT2D eigenvalue weighted by Crippen LogP contribution is 2.51. The van der Waals surface area contributed by atoms with Crippen LogP contribution in [0.4, 0.5) is 17.1 Å². The van der Waals surface area contributed by atoms with Gasteiger partial charge < -0.3 is 9.47 Å². The maximum Gasteiger partial charge on any atom is 0.0541 e. The molecule has 326 valence electrons. The minimum atomic E-state index is -0.123. The molecule has 0 atom stereocenters.